The number of nitrogens with zero attached hydrogens (tertiary/aromatic N) is 2. The maximum Gasteiger partial charge on any atom is 0.245 e. The fourth-order valence-corrected chi connectivity index (χ4v) is 1.76. The first-order chi connectivity index (χ1) is 7.16. The predicted octanol–water partition coefficient (Wildman–Crippen LogP) is 2.41. The maximum atomic E-state index is 6.35. The smallest absolute Gasteiger partial charge is 0.239 e. The van der Waals surface area contributed by atoms with Crippen LogP contribution in [0.2, 0.25) is 0 Å². The van der Waals surface area contributed by atoms with E-state index in [4.69, 9.17) is 11.6 Å². The van der Waals surface area contributed by atoms with Gasteiger partial charge in [-0.15, -0.1) is 0 Å². The first kappa shape index (κ1) is 10.2. The number of imidazole rings is 1. The summed E-state index contributed by atoms with van der Waals surface area (Å²) in [5.74, 6) is 0. The second-order valence-corrected chi connectivity index (χ2v) is 4.19. The predicted molar refractivity (Wildman–Crippen MR) is 60.8 cm³/mol. The van der Waals surface area contributed by atoms with Crippen LogP contribution in [-0.2, 0) is 7.05 Å². The van der Waals surface area contributed by atoms with Crippen LogP contribution in [0.4, 0.5) is 0 Å². The first-order valence-electron chi connectivity index (χ1n) is 4.90. The second kappa shape index (κ2) is 4.07. The molecule has 0 bridgehead atoms. The van der Waals surface area contributed by atoms with Crippen molar-refractivity contribution in [3.8, 4) is 0 Å². The molecule has 2 nitrogen and oxygen atoms in total. The van der Waals surface area contributed by atoms with E-state index in [-0.39, 0.29) is 5.50 Å². The molecular formula is C12H14ClN2+. The molecular weight excluding hydrogens is 208 g/mol. The van der Waals surface area contributed by atoms with E-state index < -0.39 is 0 Å². The van der Waals surface area contributed by atoms with E-state index in [9.17, 15) is 0 Å². The van der Waals surface area contributed by atoms with Gasteiger partial charge in [-0.05, 0) is 6.92 Å². The van der Waals surface area contributed by atoms with Gasteiger partial charge in [0.1, 0.15) is 12.4 Å². The van der Waals surface area contributed by atoms with Crippen molar-refractivity contribution in [1.82, 2.24) is 4.57 Å². The van der Waals surface area contributed by atoms with E-state index in [1.165, 1.54) is 5.56 Å². The number of alkyl halides is 1. The topological polar surface area (TPSA) is 8.81 Å². The SMILES string of the molecule is Cc1ccc(C(Cl)n2cc[n+](C)c2)cc1. The van der Waals surface area contributed by atoms with Crippen molar-refractivity contribution < 1.29 is 4.57 Å². The van der Waals surface area contributed by atoms with Crippen LogP contribution in [-0.4, -0.2) is 4.57 Å². The number of hydrogen-bond acceptors (Lipinski definition) is 0. The van der Waals surface area contributed by atoms with Crippen LogP contribution in [0, 0.1) is 6.92 Å². The average molecular weight is 222 g/mol. The molecule has 2 rings (SSSR count). The summed E-state index contributed by atoms with van der Waals surface area (Å²) in [6.07, 6.45) is 5.92. The van der Waals surface area contributed by atoms with Crippen molar-refractivity contribution in [2.75, 3.05) is 0 Å². The zero-order chi connectivity index (χ0) is 10.8. The quantitative estimate of drug-likeness (QED) is 0.544. The second-order valence-electron chi connectivity index (χ2n) is 3.77. The summed E-state index contributed by atoms with van der Waals surface area (Å²) in [5, 5.41) is 0. The van der Waals surface area contributed by atoms with E-state index in [2.05, 4.69) is 31.2 Å². The lowest BCUT2D eigenvalue weighted by molar-refractivity contribution is -0.671. The van der Waals surface area contributed by atoms with Crippen LogP contribution >= 0.6 is 11.6 Å². The highest BCUT2D eigenvalue weighted by Gasteiger charge is 2.14. The average Bonchev–Trinajstić information content (AvgIpc) is 2.65. The van der Waals surface area contributed by atoms with Crippen LogP contribution < -0.4 is 4.57 Å². The molecule has 0 saturated heterocycles. The van der Waals surface area contributed by atoms with Crippen molar-refractivity contribution in [3.63, 3.8) is 0 Å². The highest BCUT2D eigenvalue weighted by atomic mass is 35.5. The van der Waals surface area contributed by atoms with Crippen LogP contribution in [0.25, 0.3) is 0 Å². The Balaban J connectivity index is 2.28. The van der Waals surface area contributed by atoms with Crippen molar-refractivity contribution in [2.24, 2.45) is 7.05 Å². The van der Waals surface area contributed by atoms with Crippen LogP contribution in [0.1, 0.15) is 16.6 Å². The molecule has 0 N–H and O–H groups in total. The molecule has 0 radical (unpaired) electrons. The minimum atomic E-state index is -0.133. The number of rotatable bonds is 2. The fourth-order valence-electron chi connectivity index (χ4n) is 1.50. The summed E-state index contributed by atoms with van der Waals surface area (Å²) in [6, 6.07) is 8.28. The van der Waals surface area contributed by atoms with Gasteiger partial charge in [0, 0.05) is 5.56 Å². The fraction of sp³-hybridized carbons (Fsp3) is 0.250. The number of halogens is 1. The molecule has 1 atom stereocenters. The van der Waals surface area contributed by atoms with Gasteiger partial charge in [0.15, 0.2) is 5.50 Å². The Morgan fingerprint density at radius 1 is 1.27 bits per heavy atom. The molecule has 0 amide bonds. The Kier molecular flexibility index (Phi) is 2.78. The molecule has 0 saturated carbocycles. The third-order valence-electron chi connectivity index (χ3n) is 2.40. The number of hydrogen-bond donors (Lipinski definition) is 0. The molecule has 1 aromatic heterocycles. The molecule has 2 aromatic rings. The van der Waals surface area contributed by atoms with E-state index in [1.807, 2.05) is 34.9 Å². The number of aromatic nitrogens is 2. The molecule has 3 heteroatoms. The lowest BCUT2D eigenvalue weighted by Crippen LogP contribution is -2.24. The molecule has 15 heavy (non-hydrogen) atoms. The Bertz CT molecular complexity index is 445. The highest BCUT2D eigenvalue weighted by molar-refractivity contribution is 6.20. The van der Waals surface area contributed by atoms with Gasteiger partial charge in [-0.2, -0.15) is 0 Å². The van der Waals surface area contributed by atoms with Gasteiger partial charge in [-0.1, -0.05) is 41.4 Å². The van der Waals surface area contributed by atoms with Crippen molar-refractivity contribution >= 4 is 11.6 Å². The van der Waals surface area contributed by atoms with Crippen LogP contribution in [0.5, 0.6) is 0 Å². The molecule has 0 spiro atoms. The van der Waals surface area contributed by atoms with Gasteiger partial charge >= 0.3 is 0 Å². The van der Waals surface area contributed by atoms with E-state index in [1.54, 1.807) is 0 Å². The minimum Gasteiger partial charge on any atom is -0.239 e. The maximum absolute atomic E-state index is 6.35. The lowest BCUT2D eigenvalue weighted by atomic mass is 10.1. The molecule has 0 fully saturated rings. The molecule has 0 aliphatic rings. The van der Waals surface area contributed by atoms with E-state index in [0.29, 0.717) is 0 Å². The van der Waals surface area contributed by atoms with Gasteiger partial charge in [-0.25, -0.2) is 9.13 Å². The summed E-state index contributed by atoms with van der Waals surface area (Å²) in [6.45, 7) is 2.07. The molecule has 1 heterocycles. The Labute approximate surface area is 94.7 Å². The van der Waals surface area contributed by atoms with Crippen LogP contribution in [0.3, 0.4) is 0 Å². The van der Waals surface area contributed by atoms with Crippen molar-refractivity contribution in [3.05, 3.63) is 54.1 Å². The standard InChI is InChI=1S/C12H14ClN2/c1-10-3-5-11(6-4-10)12(13)15-8-7-14(2)9-15/h3-9,12H,1-2H3/q+1. The zero-order valence-electron chi connectivity index (χ0n) is 8.89. The number of aryl methyl sites for hydroxylation is 2. The lowest BCUT2D eigenvalue weighted by Gasteiger charge is -2.06. The van der Waals surface area contributed by atoms with Crippen molar-refractivity contribution in [1.29, 1.82) is 0 Å². The molecule has 0 aliphatic heterocycles. The highest BCUT2D eigenvalue weighted by Crippen LogP contribution is 2.21. The molecule has 78 valence electrons. The normalized spacial score (nSPS) is 12.7. The van der Waals surface area contributed by atoms with Gasteiger partial charge in [0.25, 0.3) is 0 Å². The Morgan fingerprint density at radius 2 is 1.93 bits per heavy atom. The summed E-state index contributed by atoms with van der Waals surface area (Å²) >= 11 is 6.35. The summed E-state index contributed by atoms with van der Waals surface area (Å²) < 4.78 is 3.95. The van der Waals surface area contributed by atoms with E-state index in [0.717, 1.165) is 5.56 Å². The third kappa shape index (κ3) is 2.21. The third-order valence-corrected chi connectivity index (χ3v) is 2.88. The summed E-state index contributed by atoms with van der Waals surface area (Å²) in [7, 11) is 1.98. The van der Waals surface area contributed by atoms with Gasteiger partial charge < -0.3 is 0 Å². The Hall–Kier alpha value is -1.28. The van der Waals surface area contributed by atoms with Gasteiger partial charge in [0.05, 0.1) is 7.05 Å². The largest absolute Gasteiger partial charge is 0.245 e. The Morgan fingerprint density at radius 3 is 2.47 bits per heavy atom. The summed E-state index contributed by atoms with van der Waals surface area (Å²) in [5.41, 5.74) is 2.23. The molecule has 1 unspecified atom stereocenters. The zero-order valence-corrected chi connectivity index (χ0v) is 9.65. The van der Waals surface area contributed by atoms with Crippen molar-refractivity contribution in [2.45, 2.75) is 12.4 Å². The van der Waals surface area contributed by atoms with Gasteiger partial charge in [0.2, 0.25) is 6.33 Å². The van der Waals surface area contributed by atoms with Gasteiger partial charge in [-0.3, -0.25) is 0 Å². The minimum absolute atomic E-state index is 0.133. The van der Waals surface area contributed by atoms with Crippen LogP contribution in [0.15, 0.2) is 43.0 Å². The van der Waals surface area contributed by atoms with E-state index >= 15 is 0 Å². The summed E-state index contributed by atoms with van der Waals surface area (Å²) in [4.78, 5) is 0. The first-order valence-corrected chi connectivity index (χ1v) is 5.34. The number of benzene rings is 1. The molecule has 0 aliphatic carbocycles. The monoisotopic (exact) mass is 221 g/mol. The molecule has 1 aromatic carbocycles.